The lowest BCUT2D eigenvalue weighted by Crippen LogP contribution is -1.97. The van der Waals surface area contributed by atoms with Crippen LogP contribution >= 0.6 is 34.9 Å². The van der Waals surface area contributed by atoms with E-state index >= 15 is 0 Å². The van der Waals surface area contributed by atoms with Gasteiger partial charge in [0.15, 0.2) is 0 Å². The third-order valence-corrected chi connectivity index (χ3v) is 5.73. The number of hydrogen-bond acceptors (Lipinski definition) is 5. The molecule has 0 spiro atoms. The molecule has 4 aromatic rings. The Kier molecular flexibility index (Phi) is 2.84. The van der Waals surface area contributed by atoms with Crippen LogP contribution in [0.4, 0.5) is 0 Å². The van der Waals surface area contributed by atoms with Crippen molar-refractivity contribution in [3.8, 4) is 0 Å². The van der Waals surface area contributed by atoms with E-state index in [4.69, 9.17) is 12.2 Å². The number of fused-ring (bicyclic) bond motifs is 2. The SMILES string of the molecule is S=C(c1nc2ccccc2s1)c1nc2ccccc2s1. The fourth-order valence-electron chi connectivity index (χ4n) is 2.03. The zero-order chi connectivity index (χ0) is 13.5. The van der Waals surface area contributed by atoms with Crippen molar-refractivity contribution in [2.24, 2.45) is 0 Å². The van der Waals surface area contributed by atoms with E-state index in [1.807, 2.05) is 36.4 Å². The Bertz CT molecular complexity index is 794. The molecule has 5 heteroatoms. The van der Waals surface area contributed by atoms with E-state index in [-0.39, 0.29) is 0 Å². The van der Waals surface area contributed by atoms with Crippen LogP contribution in [0.15, 0.2) is 48.5 Å². The maximum atomic E-state index is 5.56. The van der Waals surface area contributed by atoms with Gasteiger partial charge >= 0.3 is 0 Å². The average molecular weight is 312 g/mol. The minimum absolute atomic E-state index is 0.743. The molecule has 2 nitrogen and oxygen atoms in total. The van der Waals surface area contributed by atoms with Crippen molar-refractivity contribution < 1.29 is 0 Å². The molecule has 0 unspecified atom stereocenters. The fraction of sp³-hybridized carbons (Fsp3) is 0. The Morgan fingerprint density at radius 3 is 1.65 bits per heavy atom. The van der Waals surface area contributed by atoms with Gasteiger partial charge in [-0.2, -0.15) is 0 Å². The third-order valence-electron chi connectivity index (χ3n) is 2.98. The highest BCUT2D eigenvalue weighted by Crippen LogP contribution is 2.28. The summed E-state index contributed by atoms with van der Waals surface area (Å²) in [6.07, 6.45) is 0. The summed E-state index contributed by atoms with van der Waals surface area (Å²) in [6.45, 7) is 0. The lowest BCUT2D eigenvalue weighted by molar-refractivity contribution is 1.43. The molecule has 0 aliphatic carbocycles. The summed E-state index contributed by atoms with van der Waals surface area (Å²) in [6, 6.07) is 16.2. The molecule has 2 heterocycles. The molecule has 0 saturated heterocycles. The van der Waals surface area contributed by atoms with E-state index in [9.17, 15) is 0 Å². The first-order valence-corrected chi connectivity index (χ1v) is 8.11. The van der Waals surface area contributed by atoms with Crippen molar-refractivity contribution in [1.82, 2.24) is 9.97 Å². The van der Waals surface area contributed by atoms with Crippen molar-refractivity contribution in [3.63, 3.8) is 0 Å². The zero-order valence-electron chi connectivity index (χ0n) is 10.2. The van der Waals surface area contributed by atoms with E-state index in [1.54, 1.807) is 22.7 Å². The molecule has 0 N–H and O–H groups in total. The molecule has 0 saturated carbocycles. The second kappa shape index (κ2) is 4.70. The lowest BCUT2D eigenvalue weighted by atomic mass is 10.3. The molecule has 0 amide bonds. The number of benzene rings is 2. The molecule has 0 fully saturated rings. The van der Waals surface area contributed by atoms with Gasteiger partial charge in [-0.1, -0.05) is 36.5 Å². The maximum Gasteiger partial charge on any atom is 0.138 e. The summed E-state index contributed by atoms with van der Waals surface area (Å²) >= 11 is 8.81. The van der Waals surface area contributed by atoms with Crippen LogP contribution in [0.5, 0.6) is 0 Å². The van der Waals surface area contributed by atoms with Gasteiger partial charge in [-0.15, -0.1) is 22.7 Å². The van der Waals surface area contributed by atoms with Crippen LogP contribution in [-0.4, -0.2) is 14.8 Å². The summed E-state index contributed by atoms with van der Waals surface area (Å²) in [7, 11) is 0. The Morgan fingerprint density at radius 2 is 1.20 bits per heavy atom. The zero-order valence-corrected chi connectivity index (χ0v) is 12.7. The van der Waals surface area contributed by atoms with E-state index in [2.05, 4.69) is 22.1 Å². The van der Waals surface area contributed by atoms with Crippen LogP contribution in [0.25, 0.3) is 20.4 Å². The van der Waals surface area contributed by atoms with Crippen molar-refractivity contribution in [2.45, 2.75) is 0 Å². The van der Waals surface area contributed by atoms with Gasteiger partial charge < -0.3 is 0 Å². The van der Waals surface area contributed by atoms with Crippen LogP contribution < -0.4 is 0 Å². The molecule has 20 heavy (non-hydrogen) atoms. The molecule has 0 radical (unpaired) electrons. The van der Waals surface area contributed by atoms with E-state index < -0.39 is 0 Å². The van der Waals surface area contributed by atoms with Gasteiger partial charge in [0.05, 0.1) is 20.4 Å². The lowest BCUT2D eigenvalue weighted by Gasteiger charge is -1.91. The third kappa shape index (κ3) is 1.95. The number of thiazole rings is 2. The minimum atomic E-state index is 0.743. The molecule has 0 aliphatic rings. The number of nitrogens with zero attached hydrogens (tertiary/aromatic N) is 2. The van der Waals surface area contributed by atoms with Crippen LogP contribution in [0.2, 0.25) is 0 Å². The first-order valence-electron chi connectivity index (χ1n) is 6.07. The van der Waals surface area contributed by atoms with Crippen LogP contribution in [0, 0.1) is 0 Å². The van der Waals surface area contributed by atoms with Crippen molar-refractivity contribution in [2.75, 3.05) is 0 Å². The van der Waals surface area contributed by atoms with Gasteiger partial charge in [0.25, 0.3) is 0 Å². The summed E-state index contributed by atoms with van der Waals surface area (Å²) in [5.74, 6) is 0. The predicted molar refractivity (Wildman–Crippen MR) is 90.0 cm³/mol. The highest BCUT2D eigenvalue weighted by molar-refractivity contribution is 7.82. The monoisotopic (exact) mass is 312 g/mol. The Hall–Kier alpha value is -1.69. The normalized spacial score (nSPS) is 11.2. The molecule has 0 atom stereocenters. The molecular formula is C15H8N2S3. The van der Waals surface area contributed by atoms with Gasteiger partial charge in [-0.05, 0) is 24.3 Å². The average Bonchev–Trinajstić information content (AvgIpc) is 3.10. The number of hydrogen-bond donors (Lipinski definition) is 0. The highest BCUT2D eigenvalue weighted by Gasteiger charge is 2.14. The summed E-state index contributed by atoms with van der Waals surface area (Å²) < 4.78 is 2.32. The van der Waals surface area contributed by atoms with Gasteiger partial charge in [0.1, 0.15) is 14.9 Å². The Balaban J connectivity index is 1.82. The van der Waals surface area contributed by atoms with E-state index in [0.717, 1.165) is 35.3 Å². The summed E-state index contributed by atoms with van der Waals surface area (Å²) in [4.78, 5) is 9.95. The van der Waals surface area contributed by atoms with Gasteiger partial charge in [0.2, 0.25) is 0 Å². The number of rotatable bonds is 2. The molecule has 0 bridgehead atoms. The van der Waals surface area contributed by atoms with E-state index in [0.29, 0.717) is 0 Å². The molecule has 2 aromatic carbocycles. The second-order valence-corrected chi connectivity index (χ2v) is 6.77. The van der Waals surface area contributed by atoms with Gasteiger partial charge in [0, 0.05) is 0 Å². The quantitative estimate of drug-likeness (QED) is 0.397. The first-order chi connectivity index (χ1) is 9.81. The van der Waals surface area contributed by atoms with Gasteiger partial charge in [-0.25, -0.2) is 9.97 Å². The van der Waals surface area contributed by atoms with E-state index in [1.165, 1.54) is 0 Å². The minimum Gasteiger partial charge on any atom is -0.235 e. The smallest absolute Gasteiger partial charge is 0.138 e. The highest BCUT2D eigenvalue weighted by atomic mass is 32.1. The van der Waals surface area contributed by atoms with Crippen molar-refractivity contribution >= 4 is 60.2 Å². The molecule has 4 rings (SSSR count). The maximum absolute atomic E-state index is 5.56. The second-order valence-electron chi connectivity index (χ2n) is 4.30. The standard InChI is InChI=1S/C15H8N2S3/c18-13(14-16-9-5-1-3-7-11(9)19-14)15-17-10-6-2-4-8-12(10)20-15/h1-8H. The topological polar surface area (TPSA) is 25.8 Å². The molecule has 0 aliphatic heterocycles. The Labute approximate surface area is 128 Å². The number of aromatic nitrogens is 2. The van der Waals surface area contributed by atoms with Gasteiger partial charge in [-0.3, -0.25) is 0 Å². The fourth-order valence-corrected chi connectivity index (χ4v) is 4.25. The molecule has 2 aromatic heterocycles. The molecule has 96 valence electrons. The number of para-hydroxylation sites is 2. The largest absolute Gasteiger partial charge is 0.235 e. The summed E-state index contributed by atoms with van der Waals surface area (Å²) in [5.41, 5.74) is 1.99. The molecular weight excluding hydrogens is 304 g/mol. The van der Waals surface area contributed by atoms with Crippen LogP contribution in [-0.2, 0) is 0 Å². The first kappa shape index (κ1) is 12.1. The Morgan fingerprint density at radius 1 is 0.750 bits per heavy atom. The van der Waals surface area contributed by atoms with Crippen LogP contribution in [0.3, 0.4) is 0 Å². The van der Waals surface area contributed by atoms with Crippen molar-refractivity contribution in [1.29, 1.82) is 0 Å². The summed E-state index contributed by atoms with van der Waals surface area (Å²) in [5, 5.41) is 1.75. The van der Waals surface area contributed by atoms with Crippen molar-refractivity contribution in [3.05, 3.63) is 58.5 Å². The predicted octanol–water partition coefficient (Wildman–Crippen LogP) is 4.67. The van der Waals surface area contributed by atoms with Crippen LogP contribution in [0.1, 0.15) is 10.0 Å². The number of thiocarbonyl (C=S) groups is 1.